The maximum absolute atomic E-state index is 12.5. The highest BCUT2D eigenvalue weighted by molar-refractivity contribution is 7.89. The first-order valence-corrected chi connectivity index (χ1v) is 12.4. The Bertz CT molecular complexity index is 1210. The van der Waals surface area contributed by atoms with E-state index in [0.717, 1.165) is 22.0 Å². The summed E-state index contributed by atoms with van der Waals surface area (Å²) < 4.78 is 31.2. The minimum absolute atomic E-state index is 0.0161. The van der Waals surface area contributed by atoms with Crippen LogP contribution in [0, 0.1) is 12.8 Å². The normalized spacial score (nSPS) is 16.1. The number of nitrogens with zero attached hydrogens (tertiary/aromatic N) is 2. The Hall–Kier alpha value is -3.24. The number of hydrogen-bond acceptors (Lipinski definition) is 6. The van der Waals surface area contributed by atoms with Crippen molar-refractivity contribution >= 4 is 39.2 Å². The summed E-state index contributed by atoms with van der Waals surface area (Å²) in [5.41, 5.74) is 2.60. The van der Waals surface area contributed by atoms with Gasteiger partial charge in [-0.25, -0.2) is 12.7 Å². The van der Waals surface area contributed by atoms with E-state index in [9.17, 15) is 22.8 Å². The zero-order valence-electron chi connectivity index (χ0n) is 19.7. The summed E-state index contributed by atoms with van der Waals surface area (Å²) in [5.74, 6) is -2.06. The van der Waals surface area contributed by atoms with Crippen molar-refractivity contribution in [3.8, 4) is 0 Å². The molecule has 1 fully saturated rings. The minimum atomic E-state index is -3.68. The van der Waals surface area contributed by atoms with Crippen molar-refractivity contribution in [2.75, 3.05) is 37.5 Å². The van der Waals surface area contributed by atoms with Gasteiger partial charge in [-0.2, -0.15) is 0 Å². The average Bonchev–Trinajstić information content (AvgIpc) is 3.19. The molecule has 0 aliphatic carbocycles. The fourth-order valence-electron chi connectivity index (χ4n) is 3.78. The van der Waals surface area contributed by atoms with Gasteiger partial charge in [0.25, 0.3) is 5.91 Å². The van der Waals surface area contributed by atoms with Gasteiger partial charge in [-0.1, -0.05) is 31.2 Å². The lowest BCUT2D eigenvalue weighted by Gasteiger charge is -2.19. The first-order valence-electron chi connectivity index (χ1n) is 10.9. The molecule has 10 heteroatoms. The molecule has 1 aliphatic heterocycles. The van der Waals surface area contributed by atoms with E-state index in [1.165, 1.54) is 20.2 Å². The number of carbonyl (C=O) groups is 3. The summed E-state index contributed by atoms with van der Waals surface area (Å²) in [4.78, 5) is 39.0. The summed E-state index contributed by atoms with van der Waals surface area (Å²) in [6, 6.07) is 12.1. The molecule has 1 N–H and O–H groups in total. The van der Waals surface area contributed by atoms with E-state index in [1.807, 2.05) is 31.2 Å². The molecular formula is C24H29N3O6S. The molecule has 0 saturated carbocycles. The van der Waals surface area contributed by atoms with Crippen molar-refractivity contribution in [3.05, 3.63) is 53.6 Å². The molecule has 0 bridgehead atoms. The second kappa shape index (κ2) is 10.4. The fraction of sp³-hybridized carbons (Fsp3) is 0.375. The molecule has 0 radical (unpaired) electrons. The molecule has 1 heterocycles. The van der Waals surface area contributed by atoms with Crippen LogP contribution in [0.2, 0.25) is 0 Å². The van der Waals surface area contributed by atoms with Crippen LogP contribution in [0.3, 0.4) is 0 Å². The van der Waals surface area contributed by atoms with Gasteiger partial charge in [-0.05, 0) is 42.7 Å². The largest absolute Gasteiger partial charge is 0.455 e. The number of para-hydroxylation sites is 1. The van der Waals surface area contributed by atoms with Crippen LogP contribution in [-0.4, -0.2) is 57.8 Å². The monoisotopic (exact) mass is 487 g/mol. The van der Waals surface area contributed by atoms with Gasteiger partial charge in [-0.15, -0.1) is 0 Å². The number of rotatable bonds is 8. The Labute approximate surface area is 199 Å². The van der Waals surface area contributed by atoms with Crippen molar-refractivity contribution in [2.45, 2.75) is 31.6 Å². The van der Waals surface area contributed by atoms with Crippen molar-refractivity contribution in [3.63, 3.8) is 0 Å². The van der Waals surface area contributed by atoms with Crippen LogP contribution in [0.25, 0.3) is 0 Å². The van der Waals surface area contributed by atoms with Crippen molar-refractivity contribution < 1.29 is 27.5 Å². The lowest BCUT2D eigenvalue weighted by atomic mass is 10.1. The number of hydrogen-bond donors (Lipinski definition) is 1. The molecule has 2 amide bonds. The molecule has 0 spiro atoms. The number of amides is 2. The molecule has 2 aromatic carbocycles. The Balaban J connectivity index is 1.60. The van der Waals surface area contributed by atoms with Gasteiger partial charge in [0.15, 0.2) is 6.61 Å². The van der Waals surface area contributed by atoms with Crippen LogP contribution in [0.15, 0.2) is 47.4 Å². The lowest BCUT2D eigenvalue weighted by molar-refractivity contribution is -0.151. The molecule has 1 unspecified atom stereocenters. The summed E-state index contributed by atoms with van der Waals surface area (Å²) in [5, 5.41) is 2.55. The van der Waals surface area contributed by atoms with Gasteiger partial charge in [0.1, 0.15) is 0 Å². The van der Waals surface area contributed by atoms with Crippen LogP contribution in [0.1, 0.15) is 24.5 Å². The number of sulfonamides is 1. The average molecular weight is 488 g/mol. The van der Waals surface area contributed by atoms with Crippen molar-refractivity contribution in [1.82, 2.24) is 4.31 Å². The molecule has 34 heavy (non-hydrogen) atoms. The molecule has 3 rings (SSSR count). The molecule has 1 atom stereocenters. The fourth-order valence-corrected chi connectivity index (χ4v) is 4.92. The Morgan fingerprint density at radius 3 is 2.56 bits per heavy atom. The summed E-state index contributed by atoms with van der Waals surface area (Å²) in [7, 11) is -0.829. The summed E-state index contributed by atoms with van der Waals surface area (Å²) >= 11 is 0. The number of esters is 1. The molecule has 2 aromatic rings. The second-order valence-electron chi connectivity index (χ2n) is 8.31. The number of nitrogens with one attached hydrogen (secondary N) is 1. The van der Waals surface area contributed by atoms with Gasteiger partial charge in [0, 0.05) is 38.4 Å². The Morgan fingerprint density at radius 2 is 1.88 bits per heavy atom. The zero-order valence-corrected chi connectivity index (χ0v) is 20.5. The van der Waals surface area contributed by atoms with E-state index in [4.69, 9.17) is 4.74 Å². The van der Waals surface area contributed by atoms with Crippen LogP contribution in [-0.2, 0) is 35.6 Å². The number of anilines is 2. The highest BCUT2D eigenvalue weighted by Crippen LogP contribution is 2.29. The van der Waals surface area contributed by atoms with E-state index in [1.54, 1.807) is 24.0 Å². The third kappa shape index (κ3) is 5.45. The molecule has 1 saturated heterocycles. The van der Waals surface area contributed by atoms with Gasteiger partial charge in [0.05, 0.1) is 10.8 Å². The summed E-state index contributed by atoms with van der Waals surface area (Å²) in [6.07, 6.45) is 0.772. The van der Waals surface area contributed by atoms with E-state index in [-0.39, 0.29) is 29.5 Å². The van der Waals surface area contributed by atoms with E-state index >= 15 is 0 Å². The standard InChI is InChI=1S/C24H29N3O6S/c1-5-17-8-6-7-9-20(17)27-14-18(12-23(27)29)24(30)33-15-22(28)25-19-11-10-16(2)21(13-19)34(31,32)26(3)4/h6-11,13,18H,5,12,14-15H2,1-4H3,(H,25,28). The van der Waals surface area contributed by atoms with Crippen molar-refractivity contribution in [1.29, 1.82) is 0 Å². The van der Waals surface area contributed by atoms with E-state index in [2.05, 4.69) is 5.32 Å². The second-order valence-corrected chi connectivity index (χ2v) is 10.4. The SMILES string of the molecule is CCc1ccccc1N1CC(C(=O)OCC(=O)Nc2ccc(C)c(S(=O)(=O)N(C)C)c2)CC1=O. The third-order valence-electron chi connectivity index (χ3n) is 5.70. The van der Waals surface area contributed by atoms with E-state index in [0.29, 0.717) is 5.56 Å². The molecule has 9 nitrogen and oxygen atoms in total. The highest BCUT2D eigenvalue weighted by atomic mass is 32.2. The first kappa shape index (κ1) is 25.4. The van der Waals surface area contributed by atoms with Crippen LogP contribution < -0.4 is 10.2 Å². The Kier molecular flexibility index (Phi) is 7.73. The Morgan fingerprint density at radius 1 is 1.18 bits per heavy atom. The number of aryl methyl sites for hydroxylation is 2. The number of benzene rings is 2. The summed E-state index contributed by atoms with van der Waals surface area (Å²) in [6.45, 7) is 3.31. The maximum atomic E-state index is 12.5. The molecule has 0 aromatic heterocycles. The highest BCUT2D eigenvalue weighted by Gasteiger charge is 2.37. The van der Waals surface area contributed by atoms with Crippen LogP contribution in [0.5, 0.6) is 0 Å². The van der Waals surface area contributed by atoms with Gasteiger partial charge in [0.2, 0.25) is 15.9 Å². The van der Waals surface area contributed by atoms with Crippen molar-refractivity contribution in [2.24, 2.45) is 5.92 Å². The zero-order chi connectivity index (χ0) is 25.0. The first-order chi connectivity index (χ1) is 16.0. The van der Waals surface area contributed by atoms with Crippen LogP contribution >= 0.6 is 0 Å². The lowest BCUT2D eigenvalue weighted by Crippen LogP contribution is -2.28. The van der Waals surface area contributed by atoms with E-state index < -0.39 is 34.4 Å². The molecular weight excluding hydrogens is 458 g/mol. The van der Waals surface area contributed by atoms with Crippen LogP contribution in [0.4, 0.5) is 11.4 Å². The molecule has 182 valence electrons. The third-order valence-corrected chi connectivity index (χ3v) is 7.65. The number of ether oxygens (including phenoxy) is 1. The van der Waals surface area contributed by atoms with Gasteiger partial charge >= 0.3 is 5.97 Å². The smallest absolute Gasteiger partial charge is 0.311 e. The topological polar surface area (TPSA) is 113 Å². The maximum Gasteiger partial charge on any atom is 0.311 e. The number of carbonyl (C=O) groups excluding carboxylic acids is 3. The van der Waals surface area contributed by atoms with Gasteiger partial charge < -0.3 is 15.0 Å². The quantitative estimate of drug-likeness (QED) is 0.572. The predicted octanol–water partition coefficient (Wildman–Crippen LogP) is 2.34. The van der Waals surface area contributed by atoms with Gasteiger partial charge in [-0.3, -0.25) is 14.4 Å². The molecule has 1 aliphatic rings. The predicted molar refractivity (Wildman–Crippen MR) is 128 cm³/mol. The minimum Gasteiger partial charge on any atom is -0.455 e.